The van der Waals surface area contributed by atoms with Crippen LogP contribution in [0.25, 0.3) is 22.2 Å². The van der Waals surface area contributed by atoms with Gasteiger partial charge < -0.3 is 5.73 Å². The van der Waals surface area contributed by atoms with Crippen LogP contribution >= 0.6 is 0 Å². The van der Waals surface area contributed by atoms with Crippen molar-refractivity contribution < 1.29 is 8.78 Å². The van der Waals surface area contributed by atoms with Crippen LogP contribution in [0.5, 0.6) is 0 Å². The number of nitrogens with two attached hydrogens (primary N) is 1. The fourth-order valence-corrected chi connectivity index (χ4v) is 2.00. The van der Waals surface area contributed by atoms with Gasteiger partial charge in [0.25, 0.3) is 0 Å². The molecule has 0 saturated carbocycles. The molecule has 3 rings (SSSR count). The van der Waals surface area contributed by atoms with E-state index in [2.05, 4.69) is 4.98 Å². The molecular weight excluding hydrogens is 246 g/mol. The zero-order valence-corrected chi connectivity index (χ0v) is 9.90. The lowest BCUT2D eigenvalue weighted by atomic mass is 10.1. The Morgan fingerprint density at radius 2 is 1.58 bits per heavy atom. The smallest absolute Gasteiger partial charge is 0.161 e. The lowest BCUT2D eigenvalue weighted by Gasteiger charge is -2.07. The molecule has 19 heavy (non-hydrogen) atoms. The predicted molar refractivity (Wildman–Crippen MR) is 71.5 cm³/mol. The second-order valence-electron chi connectivity index (χ2n) is 4.25. The fraction of sp³-hybridized carbons (Fsp3) is 0. The summed E-state index contributed by atoms with van der Waals surface area (Å²) in [5, 5.41) is 0.415. The highest BCUT2D eigenvalue weighted by Gasteiger charge is 2.10. The topological polar surface area (TPSA) is 38.9 Å². The highest BCUT2D eigenvalue weighted by Crippen LogP contribution is 2.27. The maximum Gasteiger partial charge on any atom is 0.161 e. The second-order valence-corrected chi connectivity index (χ2v) is 4.25. The van der Waals surface area contributed by atoms with Gasteiger partial charge in [-0.2, -0.15) is 0 Å². The van der Waals surface area contributed by atoms with E-state index in [4.69, 9.17) is 5.73 Å². The molecular formula is C15H10F2N2. The van der Waals surface area contributed by atoms with Gasteiger partial charge in [-0.05, 0) is 12.1 Å². The molecule has 2 N–H and O–H groups in total. The van der Waals surface area contributed by atoms with Crippen molar-refractivity contribution in [2.24, 2.45) is 0 Å². The number of pyridine rings is 1. The van der Waals surface area contributed by atoms with E-state index in [1.54, 1.807) is 6.07 Å². The van der Waals surface area contributed by atoms with Crippen LogP contribution in [-0.2, 0) is 0 Å². The van der Waals surface area contributed by atoms with Crippen LogP contribution in [0.1, 0.15) is 0 Å². The van der Waals surface area contributed by atoms with Gasteiger partial charge in [0.15, 0.2) is 11.6 Å². The first-order chi connectivity index (χ1) is 9.15. The molecule has 0 fully saturated rings. The number of benzene rings is 2. The number of hydrogen-bond donors (Lipinski definition) is 1. The Hall–Kier alpha value is -2.49. The number of halogens is 2. The van der Waals surface area contributed by atoms with E-state index >= 15 is 0 Å². The molecule has 0 spiro atoms. The number of nitrogens with zero attached hydrogens (tertiary/aromatic N) is 1. The standard InChI is InChI=1S/C15H10F2N2/c16-11-6-10-13(18)8-14(9-4-2-1-3-5-9)19-15(10)7-12(11)17/h1-8H,(H2,18,19). The average molecular weight is 256 g/mol. The van der Waals surface area contributed by atoms with Gasteiger partial charge in [-0.15, -0.1) is 0 Å². The van der Waals surface area contributed by atoms with Gasteiger partial charge in [0.1, 0.15) is 0 Å². The van der Waals surface area contributed by atoms with Crippen molar-refractivity contribution in [2.45, 2.75) is 0 Å². The summed E-state index contributed by atoms with van der Waals surface area (Å²) in [6, 6.07) is 13.2. The molecule has 2 aromatic carbocycles. The minimum Gasteiger partial charge on any atom is -0.398 e. The molecule has 1 aromatic heterocycles. The third-order valence-electron chi connectivity index (χ3n) is 2.95. The van der Waals surface area contributed by atoms with Crippen molar-refractivity contribution in [2.75, 3.05) is 5.73 Å². The minimum absolute atomic E-state index is 0.345. The molecule has 0 radical (unpaired) electrons. The lowest BCUT2D eigenvalue weighted by Crippen LogP contribution is -1.95. The fourth-order valence-electron chi connectivity index (χ4n) is 2.00. The molecule has 0 unspecified atom stereocenters. The largest absolute Gasteiger partial charge is 0.398 e. The van der Waals surface area contributed by atoms with Gasteiger partial charge in [-0.3, -0.25) is 0 Å². The van der Waals surface area contributed by atoms with Crippen LogP contribution in [-0.4, -0.2) is 4.98 Å². The van der Waals surface area contributed by atoms with Crippen molar-refractivity contribution in [3.05, 3.63) is 60.2 Å². The first kappa shape index (κ1) is 11.6. The molecule has 0 aliphatic rings. The van der Waals surface area contributed by atoms with E-state index in [1.165, 1.54) is 0 Å². The summed E-state index contributed by atoms with van der Waals surface area (Å²) < 4.78 is 26.5. The van der Waals surface area contributed by atoms with Crippen LogP contribution in [0, 0.1) is 11.6 Å². The molecule has 0 amide bonds. The predicted octanol–water partition coefficient (Wildman–Crippen LogP) is 3.76. The molecule has 94 valence electrons. The quantitative estimate of drug-likeness (QED) is 0.720. The van der Waals surface area contributed by atoms with Gasteiger partial charge in [-0.1, -0.05) is 30.3 Å². The summed E-state index contributed by atoms with van der Waals surface area (Å²) in [6.07, 6.45) is 0. The maximum absolute atomic E-state index is 13.3. The number of rotatable bonds is 1. The summed E-state index contributed by atoms with van der Waals surface area (Å²) in [5.74, 6) is -1.85. The molecule has 3 aromatic rings. The number of anilines is 1. The van der Waals surface area contributed by atoms with Gasteiger partial charge >= 0.3 is 0 Å². The van der Waals surface area contributed by atoms with E-state index in [9.17, 15) is 8.78 Å². The molecule has 2 nitrogen and oxygen atoms in total. The Bertz CT molecular complexity index is 755. The van der Waals surface area contributed by atoms with Gasteiger partial charge in [0.2, 0.25) is 0 Å². The maximum atomic E-state index is 13.3. The Kier molecular flexibility index (Phi) is 2.63. The Morgan fingerprint density at radius 1 is 0.895 bits per heavy atom. The van der Waals surface area contributed by atoms with Crippen molar-refractivity contribution in [3.8, 4) is 11.3 Å². The van der Waals surface area contributed by atoms with Crippen molar-refractivity contribution in [1.82, 2.24) is 4.98 Å². The highest BCUT2D eigenvalue weighted by molar-refractivity contribution is 5.92. The van der Waals surface area contributed by atoms with Crippen molar-refractivity contribution in [3.63, 3.8) is 0 Å². The summed E-state index contributed by atoms with van der Waals surface area (Å²) in [4.78, 5) is 4.32. The van der Waals surface area contributed by atoms with E-state index in [0.29, 0.717) is 22.3 Å². The highest BCUT2D eigenvalue weighted by atomic mass is 19.2. The monoisotopic (exact) mass is 256 g/mol. The molecule has 0 bridgehead atoms. The van der Waals surface area contributed by atoms with E-state index in [1.807, 2.05) is 30.3 Å². The first-order valence-electron chi connectivity index (χ1n) is 5.76. The summed E-state index contributed by atoms with van der Waals surface area (Å²) in [7, 11) is 0. The summed E-state index contributed by atoms with van der Waals surface area (Å²) >= 11 is 0. The molecule has 4 heteroatoms. The summed E-state index contributed by atoms with van der Waals surface area (Å²) in [5.41, 5.74) is 8.12. The van der Waals surface area contributed by atoms with Crippen molar-refractivity contribution >= 4 is 16.6 Å². The second kappa shape index (κ2) is 4.31. The molecule has 0 aliphatic carbocycles. The van der Waals surface area contributed by atoms with E-state index < -0.39 is 11.6 Å². The normalized spacial score (nSPS) is 10.8. The first-order valence-corrected chi connectivity index (χ1v) is 5.76. The van der Waals surface area contributed by atoms with Crippen molar-refractivity contribution in [1.29, 1.82) is 0 Å². The van der Waals surface area contributed by atoms with Crippen LogP contribution in [0.4, 0.5) is 14.5 Å². The Labute approximate surface area is 108 Å². The molecule has 1 heterocycles. The Balaban J connectivity index is 2.28. The molecule has 0 atom stereocenters. The van der Waals surface area contributed by atoms with Crippen LogP contribution in [0.2, 0.25) is 0 Å². The van der Waals surface area contributed by atoms with Gasteiger partial charge in [-0.25, -0.2) is 13.8 Å². The summed E-state index contributed by atoms with van der Waals surface area (Å²) in [6.45, 7) is 0. The number of nitrogen functional groups attached to an aromatic ring is 1. The number of hydrogen-bond acceptors (Lipinski definition) is 2. The number of fused-ring (bicyclic) bond motifs is 1. The SMILES string of the molecule is Nc1cc(-c2ccccc2)nc2cc(F)c(F)cc12. The minimum atomic E-state index is -0.926. The van der Waals surface area contributed by atoms with Crippen LogP contribution < -0.4 is 5.73 Å². The third kappa shape index (κ3) is 2.01. The third-order valence-corrected chi connectivity index (χ3v) is 2.95. The zero-order valence-electron chi connectivity index (χ0n) is 9.90. The van der Waals surface area contributed by atoms with E-state index in [0.717, 1.165) is 17.7 Å². The van der Waals surface area contributed by atoms with E-state index in [-0.39, 0.29) is 0 Å². The van der Waals surface area contributed by atoms with Crippen LogP contribution in [0.15, 0.2) is 48.5 Å². The van der Waals surface area contributed by atoms with Crippen LogP contribution in [0.3, 0.4) is 0 Å². The van der Waals surface area contributed by atoms with Gasteiger partial charge in [0.05, 0.1) is 11.2 Å². The molecule has 0 aliphatic heterocycles. The number of aromatic nitrogens is 1. The van der Waals surface area contributed by atoms with Gasteiger partial charge in [0, 0.05) is 22.7 Å². The molecule has 0 saturated heterocycles. The zero-order chi connectivity index (χ0) is 13.4. The average Bonchev–Trinajstić information content (AvgIpc) is 2.42. The Morgan fingerprint density at radius 3 is 2.32 bits per heavy atom. The lowest BCUT2D eigenvalue weighted by molar-refractivity contribution is 0.510.